The molecule has 0 fully saturated rings. The average Bonchev–Trinajstić information content (AvgIpc) is 2.41. The smallest absolute Gasteiger partial charge is 0.207 e. The van der Waals surface area contributed by atoms with Crippen LogP contribution in [-0.2, 0) is 15.9 Å². The van der Waals surface area contributed by atoms with Gasteiger partial charge < -0.3 is 0 Å². The van der Waals surface area contributed by atoms with Crippen LogP contribution in [0.2, 0.25) is 0 Å². The molecule has 20 heavy (non-hydrogen) atoms. The number of sulfonamides is 1. The van der Waals surface area contributed by atoms with Gasteiger partial charge in [0.15, 0.2) is 0 Å². The molecule has 114 valence electrons. The normalized spacial score (nSPS) is 13.8. The van der Waals surface area contributed by atoms with Crippen LogP contribution in [0.5, 0.6) is 0 Å². The molecule has 0 N–H and O–H groups in total. The van der Waals surface area contributed by atoms with Crippen LogP contribution < -0.4 is 0 Å². The van der Waals surface area contributed by atoms with Crippen molar-refractivity contribution in [3.8, 4) is 0 Å². The van der Waals surface area contributed by atoms with Crippen molar-refractivity contribution in [1.82, 2.24) is 4.31 Å². The zero-order valence-corrected chi connectivity index (χ0v) is 13.9. The van der Waals surface area contributed by atoms with E-state index >= 15 is 0 Å². The summed E-state index contributed by atoms with van der Waals surface area (Å²) in [7, 11) is -3.63. The van der Waals surface area contributed by atoms with Crippen molar-refractivity contribution in [1.29, 1.82) is 0 Å². The van der Waals surface area contributed by atoms with Gasteiger partial charge in [-0.25, -0.2) is 12.8 Å². The van der Waals surface area contributed by atoms with Crippen LogP contribution in [0.15, 0.2) is 17.0 Å². The Morgan fingerprint density at radius 2 is 1.95 bits per heavy atom. The standard InChI is InChI=1S/C14H21ClFNO2S/c1-5-11(4)17(6-2)20(18,19)13-7-10(3)14(16)12(8-13)9-15/h7-8,11H,5-6,9H2,1-4H3. The minimum absolute atomic E-state index is 0.0501. The highest BCUT2D eigenvalue weighted by Gasteiger charge is 2.28. The number of benzene rings is 1. The van der Waals surface area contributed by atoms with E-state index in [1.165, 1.54) is 16.4 Å². The van der Waals surface area contributed by atoms with Gasteiger partial charge in [-0.3, -0.25) is 0 Å². The first-order valence-corrected chi connectivity index (χ1v) is 8.63. The molecule has 0 saturated carbocycles. The van der Waals surface area contributed by atoms with Crippen LogP contribution in [0.4, 0.5) is 4.39 Å². The lowest BCUT2D eigenvalue weighted by molar-refractivity contribution is 0.342. The van der Waals surface area contributed by atoms with E-state index in [0.717, 1.165) is 6.42 Å². The fourth-order valence-corrected chi connectivity index (χ4v) is 4.16. The Kier molecular flexibility index (Phi) is 5.98. The number of rotatable bonds is 6. The van der Waals surface area contributed by atoms with E-state index in [1.807, 2.05) is 13.8 Å². The molecule has 0 aliphatic heterocycles. The van der Waals surface area contributed by atoms with E-state index in [0.29, 0.717) is 12.1 Å². The lowest BCUT2D eigenvalue weighted by Gasteiger charge is -2.26. The highest BCUT2D eigenvalue weighted by atomic mass is 35.5. The molecule has 0 bridgehead atoms. The molecule has 1 aromatic carbocycles. The fraction of sp³-hybridized carbons (Fsp3) is 0.571. The quantitative estimate of drug-likeness (QED) is 0.749. The Bertz CT molecular complexity index is 575. The Hall–Kier alpha value is -0.650. The predicted octanol–water partition coefficient (Wildman–Crippen LogP) is 3.68. The van der Waals surface area contributed by atoms with Crippen molar-refractivity contribution >= 4 is 21.6 Å². The topological polar surface area (TPSA) is 37.4 Å². The summed E-state index contributed by atoms with van der Waals surface area (Å²) in [5, 5.41) is 0. The molecule has 0 aliphatic rings. The second kappa shape index (κ2) is 6.87. The summed E-state index contributed by atoms with van der Waals surface area (Å²) in [4.78, 5) is 0.106. The Morgan fingerprint density at radius 3 is 2.40 bits per heavy atom. The third kappa shape index (κ3) is 3.32. The van der Waals surface area contributed by atoms with Gasteiger partial charge >= 0.3 is 0 Å². The minimum atomic E-state index is -3.63. The fourth-order valence-electron chi connectivity index (χ4n) is 2.11. The minimum Gasteiger partial charge on any atom is -0.207 e. The van der Waals surface area contributed by atoms with Gasteiger partial charge in [-0.05, 0) is 38.0 Å². The number of aryl methyl sites for hydroxylation is 1. The van der Waals surface area contributed by atoms with Crippen molar-refractivity contribution in [3.05, 3.63) is 29.1 Å². The van der Waals surface area contributed by atoms with Crippen molar-refractivity contribution in [3.63, 3.8) is 0 Å². The van der Waals surface area contributed by atoms with Gasteiger partial charge in [0.25, 0.3) is 0 Å². The van der Waals surface area contributed by atoms with Crippen LogP contribution in [-0.4, -0.2) is 25.3 Å². The molecule has 0 radical (unpaired) electrons. The molecule has 1 rings (SSSR count). The molecule has 0 aromatic heterocycles. The Morgan fingerprint density at radius 1 is 1.35 bits per heavy atom. The van der Waals surface area contributed by atoms with Gasteiger partial charge in [-0.15, -0.1) is 11.6 Å². The first-order valence-electron chi connectivity index (χ1n) is 6.66. The molecule has 1 unspecified atom stereocenters. The van der Waals surface area contributed by atoms with E-state index in [1.54, 1.807) is 13.8 Å². The number of halogens is 2. The van der Waals surface area contributed by atoms with E-state index in [2.05, 4.69) is 0 Å². The van der Waals surface area contributed by atoms with Crippen molar-refractivity contribution in [2.75, 3.05) is 6.54 Å². The van der Waals surface area contributed by atoms with Crippen LogP contribution >= 0.6 is 11.6 Å². The van der Waals surface area contributed by atoms with E-state index in [9.17, 15) is 12.8 Å². The maximum atomic E-state index is 13.8. The van der Waals surface area contributed by atoms with Crippen molar-refractivity contribution < 1.29 is 12.8 Å². The maximum absolute atomic E-state index is 13.8. The van der Waals surface area contributed by atoms with Gasteiger partial charge in [0.05, 0.1) is 10.8 Å². The van der Waals surface area contributed by atoms with Crippen LogP contribution in [0.3, 0.4) is 0 Å². The maximum Gasteiger partial charge on any atom is 0.243 e. The summed E-state index contributed by atoms with van der Waals surface area (Å²) < 4.78 is 40.5. The van der Waals surface area contributed by atoms with Gasteiger partial charge in [0, 0.05) is 18.2 Å². The second-order valence-corrected chi connectivity index (χ2v) is 6.97. The summed E-state index contributed by atoms with van der Waals surface area (Å²) in [6.45, 7) is 7.51. The summed E-state index contributed by atoms with van der Waals surface area (Å²) in [6, 6.07) is 2.59. The Balaban J connectivity index is 3.38. The number of hydrogen-bond acceptors (Lipinski definition) is 2. The molecule has 0 amide bonds. The molecular formula is C14H21ClFNO2S. The first kappa shape index (κ1) is 17.4. The van der Waals surface area contributed by atoms with Gasteiger partial charge in [-0.2, -0.15) is 4.31 Å². The van der Waals surface area contributed by atoms with Gasteiger partial charge in [-0.1, -0.05) is 13.8 Å². The van der Waals surface area contributed by atoms with E-state index < -0.39 is 15.8 Å². The second-order valence-electron chi connectivity index (χ2n) is 4.81. The molecule has 0 spiro atoms. The largest absolute Gasteiger partial charge is 0.243 e. The third-order valence-corrected chi connectivity index (χ3v) is 5.80. The highest BCUT2D eigenvalue weighted by Crippen LogP contribution is 2.25. The van der Waals surface area contributed by atoms with Crippen LogP contribution in [0.25, 0.3) is 0 Å². The molecule has 0 heterocycles. The van der Waals surface area contributed by atoms with Gasteiger partial charge in [0.1, 0.15) is 5.82 Å². The monoisotopic (exact) mass is 321 g/mol. The molecule has 1 atom stereocenters. The third-order valence-electron chi connectivity index (χ3n) is 3.45. The van der Waals surface area contributed by atoms with Crippen LogP contribution in [0, 0.1) is 12.7 Å². The summed E-state index contributed by atoms with van der Waals surface area (Å²) in [5.74, 6) is -0.489. The number of nitrogens with zero attached hydrogens (tertiary/aromatic N) is 1. The number of hydrogen-bond donors (Lipinski definition) is 0. The summed E-state index contributed by atoms with van der Waals surface area (Å²) >= 11 is 5.68. The predicted molar refractivity (Wildman–Crippen MR) is 80.0 cm³/mol. The summed E-state index contributed by atoms with van der Waals surface area (Å²) in [6.07, 6.45) is 0.718. The zero-order chi connectivity index (χ0) is 15.5. The van der Waals surface area contributed by atoms with Crippen molar-refractivity contribution in [2.24, 2.45) is 0 Å². The summed E-state index contributed by atoms with van der Waals surface area (Å²) in [5.41, 5.74) is 0.507. The molecular weight excluding hydrogens is 301 g/mol. The van der Waals surface area contributed by atoms with E-state index in [4.69, 9.17) is 11.6 Å². The molecule has 0 saturated heterocycles. The van der Waals surface area contributed by atoms with E-state index in [-0.39, 0.29) is 22.4 Å². The molecule has 1 aromatic rings. The lowest BCUT2D eigenvalue weighted by Crippen LogP contribution is -2.38. The zero-order valence-electron chi connectivity index (χ0n) is 12.3. The number of alkyl halides is 1. The molecule has 6 heteroatoms. The van der Waals surface area contributed by atoms with Gasteiger partial charge in [0.2, 0.25) is 10.0 Å². The molecule has 3 nitrogen and oxygen atoms in total. The SMILES string of the molecule is CCC(C)N(CC)S(=O)(=O)c1cc(C)c(F)c(CCl)c1. The Labute approximate surface area is 125 Å². The lowest BCUT2D eigenvalue weighted by atomic mass is 10.1. The van der Waals surface area contributed by atoms with Crippen molar-refractivity contribution in [2.45, 2.75) is 50.9 Å². The average molecular weight is 322 g/mol. The van der Waals surface area contributed by atoms with Crippen LogP contribution in [0.1, 0.15) is 38.3 Å². The molecule has 0 aliphatic carbocycles. The highest BCUT2D eigenvalue weighted by molar-refractivity contribution is 7.89. The first-order chi connectivity index (χ1) is 9.29.